The van der Waals surface area contributed by atoms with E-state index >= 15 is 0 Å². The predicted octanol–water partition coefficient (Wildman–Crippen LogP) is 6.63. The summed E-state index contributed by atoms with van der Waals surface area (Å²) in [5, 5.41) is 8.67. The Morgan fingerprint density at radius 3 is 2.50 bits per heavy atom. The van der Waals surface area contributed by atoms with E-state index in [2.05, 4.69) is 10.3 Å². The third-order valence-corrected chi connectivity index (χ3v) is 8.45. The van der Waals surface area contributed by atoms with Gasteiger partial charge in [-0.25, -0.2) is 14.8 Å². The van der Waals surface area contributed by atoms with E-state index in [1.54, 1.807) is 30.5 Å². The van der Waals surface area contributed by atoms with Crippen molar-refractivity contribution < 1.29 is 23.6 Å². The first-order valence-electron chi connectivity index (χ1n) is 14.8. The maximum Gasteiger partial charge on any atom is 0.345 e. The zero-order valence-corrected chi connectivity index (χ0v) is 26.3. The fourth-order valence-electron chi connectivity index (χ4n) is 5.38. The summed E-state index contributed by atoms with van der Waals surface area (Å²) in [4.78, 5) is 58.3. The van der Waals surface area contributed by atoms with E-state index in [-0.39, 0.29) is 41.5 Å². The summed E-state index contributed by atoms with van der Waals surface area (Å²) in [5.41, 5.74) is 2.81. The normalized spacial score (nSPS) is 15.8. The van der Waals surface area contributed by atoms with Crippen LogP contribution in [0.2, 0.25) is 0 Å². The molecule has 1 aromatic heterocycles. The number of para-hydroxylation sites is 1. The van der Waals surface area contributed by atoms with E-state index in [0.717, 1.165) is 55.1 Å². The molecule has 11 heteroatoms. The average Bonchev–Trinajstić information content (AvgIpc) is 3.48. The summed E-state index contributed by atoms with van der Waals surface area (Å²) < 4.78 is 5.49. The number of oxazole rings is 1. The van der Waals surface area contributed by atoms with Crippen LogP contribution in [-0.4, -0.2) is 57.9 Å². The van der Waals surface area contributed by atoms with Crippen LogP contribution in [0, 0.1) is 11.3 Å². The zero-order chi connectivity index (χ0) is 31.4. The molecule has 2 aromatic carbocycles. The highest BCUT2D eigenvalue weighted by molar-refractivity contribution is 8.13. The van der Waals surface area contributed by atoms with Crippen molar-refractivity contribution in [3.8, 4) is 11.5 Å². The first-order valence-corrected chi connectivity index (χ1v) is 16.0. The molecule has 44 heavy (non-hydrogen) atoms. The third-order valence-electron chi connectivity index (χ3n) is 7.87. The van der Waals surface area contributed by atoms with Gasteiger partial charge in [0.2, 0.25) is 16.9 Å². The van der Waals surface area contributed by atoms with Crippen molar-refractivity contribution in [1.82, 2.24) is 9.99 Å². The molecule has 3 aromatic rings. The quantitative estimate of drug-likeness (QED) is 0.302. The van der Waals surface area contributed by atoms with Gasteiger partial charge in [-0.05, 0) is 43.4 Å². The fraction of sp³-hybridized carbons (Fsp3) is 0.394. The summed E-state index contributed by atoms with van der Waals surface area (Å²) in [6.45, 7) is 4.99. The molecule has 1 aliphatic heterocycles. The summed E-state index contributed by atoms with van der Waals surface area (Å²) >= 11 is 1.04. The molecule has 1 N–H and O–H groups in total. The molecule has 10 nitrogen and oxygen atoms in total. The largest absolute Gasteiger partial charge is 0.444 e. The van der Waals surface area contributed by atoms with Gasteiger partial charge in [-0.15, -0.1) is 0 Å². The number of nitrogens with one attached hydrogen (secondary N) is 1. The Bertz CT molecular complexity index is 1600. The van der Waals surface area contributed by atoms with Gasteiger partial charge in [0.25, 0.3) is 0 Å². The standard InChI is InChI=1S/C33H37N5O5S/c1-33(2,3)27(39)18-37-26-16-9-8-15-24(26)29(21-11-6-5-7-12-21)36-38(32(37)42)19-28(40)34-23-14-10-13-22(17-23)30-35-25(20-43-30)31(41)44-4/h8-10,13-17,20-21H,5-7,11-12,18-19H2,1-4H3,(H,34,40). The number of nitrogens with zero attached hydrogens (tertiary/aromatic N) is 4. The molecule has 2 heterocycles. The number of urea groups is 1. The molecule has 0 unspecified atom stereocenters. The van der Waals surface area contributed by atoms with Crippen LogP contribution >= 0.6 is 11.8 Å². The lowest BCUT2D eigenvalue weighted by molar-refractivity contribution is -0.124. The van der Waals surface area contributed by atoms with Crippen molar-refractivity contribution >= 4 is 51.7 Å². The maximum absolute atomic E-state index is 14.1. The molecule has 0 saturated heterocycles. The minimum Gasteiger partial charge on any atom is -0.444 e. The molecule has 230 valence electrons. The topological polar surface area (TPSA) is 125 Å². The van der Waals surface area contributed by atoms with Crippen molar-refractivity contribution in [2.75, 3.05) is 29.6 Å². The number of fused-ring (bicyclic) bond motifs is 1. The Labute approximate surface area is 261 Å². The van der Waals surface area contributed by atoms with Crippen molar-refractivity contribution in [3.05, 3.63) is 66.1 Å². The van der Waals surface area contributed by atoms with Gasteiger partial charge in [-0.3, -0.25) is 19.3 Å². The number of anilines is 2. The molecule has 1 fully saturated rings. The van der Waals surface area contributed by atoms with Gasteiger partial charge in [0.15, 0.2) is 11.5 Å². The van der Waals surface area contributed by atoms with E-state index in [1.165, 1.54) is 16.2 Å². The highest BCUT2D eigenvalue weighted by atomic mass is 32.2. The Morgan fingerprint density at radius 2 is 1.77 bits per heavy atom. The number of Topliss-reactive ketones (excluding diaryl/α,β-unsaturated/α-hetero) is 1. The lowest BCUT2D eigenvalue weighted by Crippen LogP contribution is -2.47. The molecular weight excluding hydrogens is 578 g/mol. The van der Waals surface area contributed by atoms with Crippen LogP contribution in [0.5, 0.6) is 0 Å². The molecule has 0 radical (unpaired) electrons. The summed E-state index contributed by atoms with van der Waals surface area (Å²) in [6.07, 6.45) is 8.16. The third kappa shape index (κ3) is 6.93. The van der Waals surface area contributed by atoms with Gasteiger partial charge >= 0.3 is 6.03 Å². The van der Waals surface area contributed by atoms with Gasteiger partial charge in [0, 0.05) is 28.1 Å². The first-order chi connectivity index (χ1) is 21.0. The van der Waals surface area contributed by atoms with Gasteiger partial charge in [-0.2, -0.15) is 5.10 Å². The van der Waals surface area contributed by atoms with Crippen molar-refractivity contribution in [2.45, 2.75) is 52.9 Å². The van der Waals surface area contributed by atoms with Crippen LogP contribution in [0.25, 0.3) is 11.5 Å². The molecule has 5 rings (SSSR count). The molecule has 0 bridgehead atoms. The van der Waals surface area contributed by atoms with Gasteiger partial charge < -0.3 is 9.73 Å². The van der Waals surface area contributed by atoms with Crippen molar-refractivity contribution in [2.24, 2.45) is 16.4 Å². The van der Waals surface area contributed by atoms with Gasteiger partial charge in [0.1, 0.15) is 12.8 Å². The number of rotatable bonds is 8. The van der Waals surface area contributed by atoms with Crippen LogP contribution in [0.4, 0.5) is 16.2 Å². The number of hydrazone groups is 1. The maximum atomic E-state index is 14.1. The molecule has 0 spiro atoms. The Hall–Kier alpha value is -4.25. The van der Waals surface area contributed by atoms with Crippen molar-refractivity contribution in [3.63, 3.8) is 0 Å². The van der Waals surface area contributed by atoms with E-state index in [0.29, 0.717) is 16.9 Å². The molecule has 1 saturated carbocycles. The number of hydrogen-bond donors (Lipinski definition) is 1. The Kier molecular flexibility index (Phi) is 9.33. The number of aromatic nitrogens is 1. The van der Waals surface area contributed by atoms with Crippen LogP contribution < -0.4 is 10.2 Å². The fourth-order valence-corrected chi connectivity index (χ4v) is 5.68. The molecule has 1 aliphatic carbocycles. The number of carbonyl (C=O) groups is 4. The Morgan fingerprint density at radius 1 is 1.02 bits per heavy atom. The van der Waals surface area contributed by atoms with E-state index in [1.807, 2.05) is 45.0 Å². The first kappa shape index (κ1) is 31.2. The minimum absolute atomic E-state index is 0.100. The van der Waals surface area contributed by atoms with E-state index in [9.17, 15) is 19.2 Å². The van der Waals surface area contributed by atoms with Crippen LogP contribution in [0.1, 0.15) is 68.9 Å². The number of carbonyl (C=O) groups excluding carboxylic acids is 4. The molecule has 0 atom stereocenters. The smallest absolute Gasteiger partial charge is 0.345 e. The number of ketones is 1. The van der Waals surface area contributed by atoms with E-state index < -0.39 is 17.4 Å². The highest BCUT2D eigenvalue weighted by Gasteiger charge is 2.36. The average molecular weight is 616 g/mol. The lowest BCUT2D eigenvalue weighted by Gasteiger charge is -2.28. The monoisotopic (exact) mass is 615 g/mol. The SMILES string of the molecule is CSC(=O)c1coc(-c2cccc(NC(=O)CN3N=C(C4CCCCC4)c4ccccc4N(CC(=O)C(C)(C)C)C3=O)c2)n1. The lowest BCUT2D eigenvalue weighted by atomic mass is 9.83. The second kappa shape index (κ2) is 13.2. The van der Waals surface area contributed by atoms with E-state index in [4.69, 9.17) is 9.52 Å². The second-order valence-electron chi connectivity index (χ2n) is 12.1. The van der Waals surface area contributed by atoms with Crippen LogP contribution in [0.3, 0.4) is 0 Å². The van der Waals surface area contributed by atoms with Crippen LogP contribution in [-0.2, 0) is 9.59 Å². The molecule has 2 aliphatic rings. The number of hydrogen-bond acceptors (Lipinski definition) is 8. The zero-order valence-electron chi connectivity index (χ0n) is 25.5. The van der Waals surface area contributed by atoms with Gasteiger partial charge in [0.05, 0.1) is 17.9 Å². The number of benzene rings is 2. The minimum atomic E-state index is -0.659. The number of thioether (sulfide) groups is 1. The molecule has 3 amide bonds. The summed E-state index contributed by atoms with van der Waals surface area (Å²) in [5.74, 6) is -0.167. The second-order valence-corrected chi connectivity index (χ2v) is 12.9. The molecular formula is C33H37N5O5S. The summed E-state index contributed by atoms with van der Waals surface area (Å²) in [7, 11) is 0. The van der Waals surface area contributed by atoms with Gasteiger partial charge in [-0.1, -0.05) is 76.1 Å². The highest BCUT2D eigenvalue weighted by Crippen LogP contribution is 2.34. The predicted molar refractivity (Wildman–Crippen MR) is 172 cm³/mol. The van der Waals surface area contributed by atoms with Crippen LogP contribution in [0.15, 0.2) is 64.3 Å². The Balaban J connectivity index is 1.43. The number of amides is 3. The van der Waals surface area contributed by atoms with Crippen molar-refractivity contribution in [1.29, 1.82) is 0 Å². The summed E-state index contributed by atoms with van der Waals surface area (Å²) in [6, 6.07) is 13.9.